The maximum Gasteiger partial charge on any atom is 0.171 e. The highest BCUT2D eigenvalue weighted by molar-refractivity contribution is 6.16. The summed E-state index contributed by atoms with van der Waals surface area (Å²) >= 11 is 5.77. The van der Waals surface area contributed by atoms with Gasteiger partial charge in [-0.2, -0.15) is 4.68 Å². The molecule has 0 bridgehead atoms. The van der Waals surface area contributed by atoms with Gasteiger partial charge in [0, 0.05) is 0 Å². The van der Waals surface area contributed by atoms with Gasteiger partial charge in [-0.05, 0) is 46.8 Å². The Morgan fingerprint density at radius 2 is 1.65 bits per heavy atom. The van der Waals surface area contributed by atoms with Crippen LogP contribution in [0, 0.1) is 0 Å². The quantitative estimate of drug-likeness (QED) is 0.691. The molecule has 0 atom stereocenters. The summed E-state index contributed by atoms with van der Waals surface area (Å²) in [6, 6.07) is 17.1. The van der Waals surface area contributed by atoms with Gasteiger partial charge in [-0.3, -0.25) is 0 Å². The smallest absolute Gasteiger partial charge is 0.171 e. The zero-order valence-electron chi connectivity index (χ0n) is 10.5. The molecule has 0 spiro atoms. The van der Waals surface area contributed by atoms with E-state index >= 15 is 0 Å². The first-order valence-corrected chi connectivity index (χ1v) is 6.57. The van der Waals surface area contributed by atoms with Gasteiger partial charge in [0.1, 0.15) is 11.5 Å². The molecule has 3 rings (SSSR count). The fourth-order valence-electron chi connectivity index (χ4n) is 1.77. The molecular weight excluding hydrogens is 276 g/mol. The van der Waals surface area contributed by atoms with Gasteiger partial charge in [-0.15, -0.1) is 16.7 Å². The van der Waals surface area contributed by atoms with Gasteiger partial charge in [0.15, 0.2) is 5.82 Å². The van der Waals surface area contributed by atoms with Crippen molar-refractivity contribution in [3.63, 3.8) is 0 Å². The summed E-state index contributed by atoms with van der Waals surface area (Å²) in [7, 11) is 0. The molecule has 0 aliphatic rings. The molecule has 3 aromatic rings. The highest BCUT2D eigenvalue weighted by Gasteiger charge is 2.06. The van der Waals surface area contributed by atoms with Crippen molar-refractivity contribution in [2.75, 3.05) is 0 Å². The summed E-state index contributed by atoms with van der Waals surface area (Å²) in [6.07, 6.45) is 0. The molecule has 0 radical (unpaired) electrons. The Balaban J connectivity index is 1.81. The molecule has 0 unspecified atom stereocenters. The van der Waals surface area contributed by atoms with Crippen molar-refractivity contribution in [1.29, 1.82) is 0 Å². The number of aromatic nitrogens is 4. The first kappa shape index (κ1) is 12.6. The molecule has 0 N–H and O–H groups in total. The van der Waals surface area contributed by atoms with Crippen molar-refractivity contribution < 1.29 is 4.74 Å². The summed E-state index contributed by atoms with van der Waals surface area (Å²) < 4.78 is 7.32. The van der Waals surface area contributed by atoms with E-state index in [0.717, 1.165) is 17.2 Å². The Hall–Kier alpha value is -2.40. The highest BCUT2D eigenvalue weighted by Crippen LogP contribution is 2.22. The van der Waals surface area contributed by atoms with Gasteiger partial charge >= 0.3 is 0 Å². The van der Waals surface area contributed by atoms with Crippen LogP contribution < -0.4 is 4.74 Å². The highest BCUT2D eigenvalue weighted by atomic mass is 35.5. The Morgan fingerprint density at radius 1 is 0.950 bits per heavy atom. The fraction of sp³-hybridized carbons (Fsp3) is 0.0714. The zero-order chi connectivity index (χ0) is 13.8. The molecule has 1 heterocycles. The number of rotatable bonds is 4. The van der Waals surface area contributed by atoms with Gasteiger partial charge in [0.2, 0.25) is 0 Å². The zero-order valence-corrected chi connectivity index (χ0v) is 11.2. The number of benzene rings is 2. The summed E-state index contributed by atoms with van der Waals surface area (Å²) in [5, 5.41) is 11.3. The van der Waals surface area contributed by atoms with Crippen LogP contribution in [-0.4, -0.2) is 20.2 Å². The number of ether oxygens (including phenoxy) is 1. The van der Waals surface area contributed by atoms with E-state index in [1.54, 1.807) is 4.68 Å². The average molecular weight is 287 g/mol. The summed E-state index contributed by atoms with van der Waals surface area (Å²) in [5.41, 5.74) is 0.839. The van der Waals surface area contributed by atoms with Crippen LogP contribution in [0.15, 0.2) is 54.6 Å². The standard InChI is InChI=1S/C14H11ClN4O/c15-10-14-16-17-18-19(14)11-6-8-13(9-7-11)20-12-4-2-1-3-5-12/h1-9H,10H2. The lowest BCUT2D eigenvalue weighted by molar-refractivity contribution is 0.482. The minimum atomic E-state index is 0.259. The van der Waals surface area contributed by atoms with Crippen LogP contribution >= 0.6 is 11.6 Å². The Kier molecular flexibility index (Phi) is 3.60. The average Bonchev–Trinajstić information content (AvgIpc) is 2.98. The van der Waals surface area contributed by atoms with E-state index in [1.165, 1.54) is 0 Å². The van der Waals surface area contributed by atoms with Crippen molar-refractivity contribution in [2.45, 2.75) is 5.88 Å². The van der Waals surface area contributed by atoms with Gasteiger partial charge in [-0.1, -0.05) is 18.2 Å². The monoisotopic (exact) mass is 286 g/mol. The van der Waals surface area contributed by atoms with E-state index in [1.807, 2.05) is 54.6 Å². The molecule has 100 valence electrons. The molecule has 0 saturated carbocycles. The largest absolute Gasteiger partial charge is 0.457 e. The molecule has 0 saturated heterocycles. The van der Waals surface area contributed by atoms with Crippen molar-refractivity contribution in [3.8, 4) is 17.2 Å². The third-order valence-corrected chi connectivity index (χ3v) is 2.95. The first-order chi connectivity index (χ1) is 9.86. The van der Waals surface area contributed by atoms with E-state index in [9.17, 15) is 0 Å². The second-order valence-corrected chi connectivity index (χ2v) is 4.32. The minimum absolute atomic E-state index is 0.259. The maximum atomic E-state index is 5.77. The third kappa shape index (κ3) is 2.62. The molecule has 0 aliphatic heterocycles. The number of hydrogen-bond acceptors (Lipinski definition) is 4. The molecule has 6 heteroatoms. The second-order valence-electron chi connectivity index (χ2n) is 4.05. The van der Waals surface area contributed by atoms with Crippen LogP contribution in [0.1, 0.15) is 5.82 Å². The summed E-state index contributed by atoms with van der Waals surface area (Å²) in [4.78, 5) is 0. The van der Waals surface area contributed by atoms with Crippen LogP contribution in [0.2, 0.25) is 0 Å². The molecule has 0 amide bonds. The van der Waals surface area contributed by atoms with Gasteiger partial charge in [0.25, 0.3) is 0 Å². The molecule has 0 aliphatic carbocycles. The van der Waals surface area contributed by atoms with Crippen molar-refractivity contribution >= 4 is 11.6 Å². The van der Waals surface area contributed by atoms with Crippen LogP contribution in [0.5, 0.6) is 11.5 Å². The van der Waals surface area contributed by atoms with Crippen LogP contribution in [0.3, 0.4) is 0 Å². The molecule has 0 fully saturated rings. The topological polar surface area (TPSA) is 52.8 Å². The predicted molar refractivity (Wildman–Crippen MR) is 75.2 cm³/mol. The fourth-order valence-corrected chi connectivity index (χ4v) is 1.94. The van der Waals surface area contributed by atoms with E-state index in [0.29, 0.717) is 5.82 Å². The number of tetrazole rings is 1. The lowest BCUT2D eigenvalue weighted by Gasteiger charge is -2.07. The Morgan fingerprint density at radius 3 is 2.35 bits per heavy atom. The first-order valence-electron chi connectivity index (χ1n) is 6.03. The Bertz CT molecular complexity index is 682. The molecule has 5 nitrogen and oxygen atoms in total. The van der Waals surface area contributed by atoms with Crippen LogP contribution in [0.4, 0.5) is 0 Å². The van der Waals surface area contributed by atoms with Gasteiger partial charge < -0.3 is 4.74 Å². The molecule has 20 heavy (non-hydrogen) atoms. The predicted octanol–water partition coefficient (Wildman–Crippen LogP) is 3.19. The summed E-state index contributed by atoms with van der Waals surface area (Å²) in [6.45, 7) is 0. The van der Waals surface area contributed by atoms with E-state index < -0.39 is 0 Å². The Labute approximate surface area is 120 Å². The van der Waals surface area contributed by atoms with Gasteiger partial charge in [0.05, 0.1) is 11.6 Å². The van der Waals surface area contributed by atoms with Crippen molar-refractivity contribution in [1.82, 2.24) is 20.2 Å². The van der Waals surface area contributed by atoms with Gasteiger partial charge in [-0.25, -0.2) is 0 Å². The van der Waals surface area contributed by atoms with Crippen molar-refractivity contribution in [3.05, 3.63) is 60.4 Å². The maximum absolute atomic E-state index is 5.77. The number of alkyl halides is 1. The number of halogens is 1. The number of hydrogen-bond donors (Lipinski definition) is 0. The summed E-state index contributed by atoms with van der Waals surface area (Å²) in [5.74, 6) is 2.41. The van der Waals surface area contributed by atoms with Crippen LogP contribution in [0.25, 0.3) is 5.69 Å². The molecule has 1 aromatic heterocycles. The van der Waals surface area contributed by atoms with E-state index in [4.69, 9.17) is 16.3 Å². The lowest BCUT2D eigenvalue weighted by atomic mass is 10.3. The SMILES string of the molecule is ClCc1nnnn1-c1ccc(Oc2ccccc2)cc1. The minimum Gasteiger partial charge on any atom is -0.457 e. The van der Waals surface area contributed by atoms with Crippen LogP contribution in [-0.2, 0) is 5.88 Å². The third-order valence-electron chi connectivity index (χ3n) is 2.71. The lowest BCUT2D eigenvalue weighted by Crippen LogP contribution is -2.01. The second kappa shape index (κ2) is 5.71. The molecule has 2 aromatic carbocycles. The number of nitrogens with zero attached hydrogens (tertiary/aromatic N) is 4. The molecular formula is C14H11ClN4O. The number of para-hydroxylation sites is 1. The normalized spacial score (nSPS) is 10.4. The van der Waals surface area contributed by atoms with Crippen molar-refractivity contribution in [2.24, 2.45) is 0 Å². The van der Waals surface area contributed by atoms with E-state index in [2.05, 4.69) is 15.5 Å². The van der Waals surface area contributed by atoms with E-state index in [-0.39, 0.29) is 5.88 Å².